The highest BCUT2D eigenvalue weighted by Gasteiger charge is 2.20. The summed E-state index contributed by atoms with van der Waals surface area (Å²) in [6.45, 7) is 4.54. The lowest BCUT2D eigenvalue weighted by atomic mass is 10.2. The van der Waals surface area contributed by atoms with E-state index in [0.717, 1.165) is 12.0 Å². The number of halogens is 1. The molecular weight excluding hydrogens is 328 g/mol. The Kier molecular flexibility index (Phi) is 5.37. The molecule has 2 amide bonds. The van der Waals surface area contributed by atoms with Crippen LogP contribution in [0.5, 0.6) is 0 Å². The SMILES string of the molecule is CC1CN(C(=O)Nc2ccnn2Cc2ccc(Cl)cc2)CCCO1. The molecule has 1 aromatic carbocycles. The van der Waals surface area contributed by atoms with Crippen molar-refractivity contribution in [3.05, 3.63) is 47.1 Å². The van der Waals surface area contributed by atoms with Gasteiger partial charge in [0.1, 0.15) is 5.82 Å². The summed E-state index contributed by atoms with van der Waals surface area (Å²) in [5, 5.41) is 7.94. The monoisotopic (exact) mass is 348 g/mol. The molecule has 128 valence electrons. The van der Waals surface area contributed by atoms with E-state index < -0.39 is 0 Å². The molecule has 1 aliphatic heterocycles. The Balaban J connectivity index is 1.66. The standard InChI is InChI=1S/C17H21ClN4O2/c1-13-11-21(9-2-10-24-13)17(23)20-16-7-8-19-22(16)12-14-3-5-15(18)6-4-14/h3-8,13H,2,9-12H2,1H3,(H,20,23). The summed E-state index contributed by atoms with van der Waals surface area (Å²) in [7, 11) is 0. The fraction of sp³-hybridized carbons (Fsp3) is 0.412. The maximum atomic E-state index is 12.5. The zero-order valence-electron chi connectivity index (χ0n) is 13.6. The molecule has 0 aliphatic carbocycles. The van der Waals surface area contributed by atoms with Crippen LogP contribution in [-0.4, -0.2) is 46.5 Å². The molecule has 6 nitrogen and oxygen atoms in total. The molecule has 0 radical (unpaired) electrons. The number of hydrogen-bond donors (Lipinski definition) is 1. The van der Waals surface area contributed by atoms with Gasteiger partial charge in [-0.05, 0) is 31.0 Å². The predicted molar refractivity (Wildman–Crippen MR) is 93.4 cm³/mol. The van der Waals surface area contributed by atoms with Gasteiger partial charge in [0.05, 0.1) is 18.8 Å². The third kappa shape index (κ3) is 4.27. The van der Waals surface area contributed by atoms with Crippen molar-refractivity contribution in [2.75, 3.05) is 25.0 Å². The fourth-order valence-corrected chi connectivity index (χ4v) is 2.82. The number of amides is 2. The van der Waals surface area contributed by atoms with Gasteiger partial charge in [-0.15, -0.1) is 0 Å². The molecule has 3 rings (SSSR count). The number of nitrogens with zero attached hydrogens (tertiary/aromatic N) is 3. The summed E-state index contributed by atoms with van der Waals surface area (Å²) >= 11 is 5.91. The van der Waals surface area contributed by atoms with Gasteiger partial charge in [-0.3, -0.25) is 5.32 Å². The Hall–Kier alpha value is -2.05. The molecule has 1 aromatic heterocycles. The first kappa shape index (κ1) is 16.8. The largest absolute Gasteiger partial charge is 0.377 e. The molecule has 1 aliphatic rings. The van der Waals surface area contributed by atoms with Gasteiger partial charge in [-0.2, -0.15) is 5.10 Å². The fourth-order valence-electron chi connectivity index (χ4n) is 2.69. The van der Waals surface area contributed by atoms with Gasteiger partial charge in [0.25, 0.3) is 0 Å². The average molecular weight is 349 g/mol. The van der Waals surface area contributed by atoms with E-state index >= 15 is 0 Å². The van der Waals surface area contributed by atoms with Crippen LogP contribution in [0.1, 0.15) is 18.9 Å². The number of rotatable bonds is 3. The minimum absolute atomic E-state index is 0.0530. The number of aromatic nitrogens is 2. The summed E-state index contributed by atoms with van der Waals surface area (Å²) in [5.74, 6) is 0.674. The number of anilines is 1. The van der Waals surface area contributed by atoms with Crippen molar-refractivity contribution in [2.24, 2.45) is 0 Å². The molecule has 1 unspecified atom stereocenters. The quantitative estimate of drug-likeness (QED) is 0.926. The van der Waals surface area contributed by atoms with E-state index in [4.69, 9.17) is 16.3 Å². The molecule has 24 heavy (non-hydrogen) atoms. The molecule has 0 saturated carbocycles. The molecule has 1 N–H and O–H groups in total. The molecule has 0 spiro atoms. The first-order chi connectivity index (χ1) is 11.6. The predicted octanol–water partition coefficient (Wildman–Crippen LogP) is 3.23. The Labute approximate surface area is 146 Å². The van der Waals surface area contributed by atoms with Crippen molar-refractivity contribution in [1.29, 1.82) is 0 Å². The van der Waals surface area contributed by atoms with E-state index in [1.807, 2.05) is 31.2 Å². The zero-order valence-corrected chi connectivity index (χ0v) is 14.4. The molecule has 1 saturated heterocycles. The maximum absolute atomic E-state index is 12.5. The number of ether oxygens (including phenoxy) is 1. The van der Waals surface area contributed by atoms with Crippen molar-refractivity contribution in [1.82, 2.24) is 14.7 Å². The van der Waals surface area contributed by atoms with E-state index in [-0.39, 0.29) is 12.1 Å². The van der Waals surface area contributed by atoms with Crippen LogP contribution in [0.15, 0.2) is 36.5 Å². The van der Waals surface area contributed by atoms with E-state index in [9.17, 15) is 4.79 Å². The second kappa shape index (κ2) is 7.68. The lowest BCUT2D eigenvalue weighted by Crippen LogP contribution is -2.39. The minimum atomic E-state index is -0.120. The number of nitrogens with one attached hydrogen (secondary N) is 1. The van der Waals surface area contributed by atoms with Crippen LogP contribution in [0.4, 0.5) is 10.6 Å². The van der Waals surface area contributed by atoms with Gasteiger partial charge < -0.3 is 9.64 Å². The second-order valence-electron chi connectivity index (χ2n) is 5.91. The second-order valence-corrected chi connectivity index (χ2v) is 6.35. The number of benzene rings is 1. The Morgan fingerprint density at radius 2 is 2.17 bits per heavy atom. The van der Waals surface area contributed by atoms with Crippen LogP contribution in [0.2, 0.25) is 5.02 Å². The van der Waals surface area contributed by atoms with Crippen LogP contribution in [0, 0.1) is 0 Å². The number of hydrogen-bond acceptors (Lipinski definition) is 3. The lowest BCUT2D eigenvalue weighted by Gasteiger charge is -2.22. The van der Waals surface area contributed by atoms with Crippen LogP contribution < -0.4 is 5.32 Å². The molecule has 2 heterocycles. The zero-order chi connectivity index (χ0) is 16.9. The molecule has 0 bridgehead atoms. The number of urea groups is 1. The van der Waals surface area contributed by atoms with Crippen LogP contribution in [0.3, 0.4) is 0 Å². The molecule has 2 aromatic rings. The third-order valence-electron chi connectivity index (χ3n) is 3.94. The van der Waals surface area contributed by atoms with Gasteiger partial charge in [0.15, 0.2) is 0 Å². The Bertz CT molecular complexity index is 686. The van der Waals surface area contributed by atoms with Crippen LogP contribution in [0.25, 0.3) is 0 Å². The highest BCUT2D eigenvalue weighted by atomic mass is 35.5. The summed E-state index contributed by atoms with van der Waals surface area (Å²) in [5.41, 5.74) is 1.07. The highest BCUT2D eigenvalue weighted by molar-refractivity contribution is 6.30. The minimum Gasteiger partial charge on any atom is -0.377 e. The van der Waals surface area contributed by atoms with Gasteiger partial charge in [0.2, 0.25) is 0 Å². The van der Waals surface area contributed by atoms with E-state index in [1.54, 1.807) is 21.8 Å². The van der Waals surface area contributed by atoms with Crippen molar-refractivity contribution in [3.63, 3.8) is 0 Å². The molecule has 1 fully saturated rings. The Morgan fingerprint density at radius 1 is 1.38 bits per heavy atom. The van der Waals surface area contributed by atoms with Crippen molar-refractivity contribution < 1.29 is 9.53 Å². The first-order valence-corrected chi connectivity index (χ1v) is 8.43. The molecule has 1 atom stereocenters. The first-order valence-electron chi connectivity index (χ1n) is 8.05. The number of carbonyl (C=O) groups excluding carboxylic acids is 1. The smallest absolute Gasteiger partial charge is 0.323 e. The summed E-state index contributed by atoms with van der Waals surface area (Å²) < 4.78 is 7.34. The van der Waals surface area contributed by atoms with Crippen LogP contribution >= 0.6 is 11.6 Å². The average Bonchev–Trinajstić information content (AvgIpc) is 2.86. The molecule has 7 heteroatoms. The lowest BCUT2D eigenvalue weighted by molar-refractivity contribution is 0.0718. The van der Waals surface area contributed by atoms with E-state index in [1.165, 1.54) is 0 Å². The topological polar surface area (TPSA) is 59.4 Å². The normalized spacial score (nSPS) is 18.2. The van der Waals surface area contributed by atoms with E-state index in [0.29, 0.717) is 37.1 Å². The van der Waals surface area contributed by atoms with E-state index in [2.05, 4.69) is 10.4 Å². The van der Waals surface area contributed by atoms with Gasteiger partial charge in [-0.25, -0.2) is 9.48 Å². The van der Waals surface area contributed by atoms with Gasteiger partial charge >= 0.3 is 6.03 Å². The Morgan fingerprint density at radius 3 is 2.96 bits per heavy atom. The van der Waals surface area contributed by atoms with Gasteiger partial charge in [-0.1, -0.05) is 23.7 Å². The highest BCUT2D eigenvalue weighted by Crippen LogP contribution is 2.15. The summed E-state index contributed by atoms with van der Waals surface area (Å²) in [6, 6.07) is 9.26. The van der Waals surface area contributed by atoms with Crippen LogP contribution in [-0.2, 0) is 11.3 Å². The summed E-state index contributed by atoms with van der Waals surface area (Å²) in [6.07, 6.45) is 2.58. The maximum Gasteiger partial charge on any atom is 0.323 e. The van der Waals surface area contributed by atoms with Crippen molar-refractivity contribution in [2.45, 2.75) is 26.0 Å². The number of carbonyl (C=O) groups is 1. The van der Waals surface area contributed by atoms with Crippen molar-refractivity contribution in [3.8, 4) is 0 Å². The van der Waals surface area contributed by atoms with Crippen molar-refractivity contribution >= 4 is 23.4 Å². The molecular formula is C17H21ClN4O2. The van der Waals surface area contributed by atoms with Gasteiger partial charge in [0, 0.05) is 30.8 Å². The third-order valence-corrected chi connectivity index (χ3v) is 4.19. The summed E-state index contributed by atoms with van der Waals surface area (Å²) in [4.78, 5) is 14.3.